The molecule has 0 saturated carbocycles. The van der Waals surface area contributed by atoms with Gasteiger partial charge in [-0.15, -0.1) is 0 Å². The van der Waals surface area contributed by atoms with Crippen LogP contribution in [0.4, 0.5) is 0 Å². The van der Waals surface area contributed by atoms with Gasteiger partial charge in [-0.05, 0) is 24.6 Å². The van der Waals surface area contributed by atoms with Gasteiger partial charge in [0.05, 0.1) is 13.0 Å². The van der Waals surface area contributed by atoms with Crippen LogP contribution in [0.25, 0.3) is 0 Å². The Morgan fingerprint density at radius 3 is 2.72 bits per heavy atom. The van der Waals surface area contributed by atoms with Crippen LogP contribution < -0.4 is 5.32 Å². The topological polar surface area (TPSA) is 55.1 Å². The summed E-state index contributed by atoms with van der Waals surface area (Å²) in [6.45, 7) is 2.19. The van der Waals surface area contributed by atoms with E-state index in [1.165, 1.54) is 0 Å². The number of amides is 1. The van der Waals surface area contributed by atoms with Crippen LogP contribution in [-0.4, -0.2) is 11.1 Å². The van der Waals surface area contributed by atoms with Crippen molar-refractivity contribution in [2.75, 3.05) is 0 Å². The van der Waals surface area contributed by atoms with Crippen molar-refractivity contribution in [1.82, 2.24) is 10.5 Å². The van der Waals surface area contributed by atoms with Gasteiger partial charge in [-0.2, -0.15) is 0 Å². The molecular weight excluding hydrogens is 252 g/mol. The van der Waals surface area contributed by atoms with E-state index in [4.69, 9.17) is 16.1 Å². The number of halogens is 1. The number of hydrogen-bond donors (Lipinski definition) is 1. The fraction of sp³-hybridized carbons (Fsp3) is 0.231. The second kappa shape index (κ2) is 5.69. The van der Waals surface area contributed by atoms with Crippen molar-refractivity contribution < 1.29 is 9.32 Å². The minimum atomic E-state index is -0.0574. The molecule has 0 aliphatic heterocycles. The number of carbonyl (C=O) groups excluding carboxylic acids is 1. The first-order chi connectivity index (χ1) is 8.63. The molecule has 1 N–H and O–H groups in total. The Morgan fingerprint density at radius 2 is 2.11 bits per heavy atom. The SMILES string of the molecule is Cc1cc(CNC(=O)Cc2ccc(Cl)cc2)no1. The average Bonchev–Trinajstić information content (AvgIpc) is 2.76. The smallest absolute Gasteiger partial charge is 0.224 e. The van der Waals surface area contributed by atoms with Crippen LogP contribution in [0.1, 0.15) is 17.0 Å². The molecule has 5 heteroatoms. The number of nitrogens with one attached hydrogen (secondary N) is 1. The third kappa shape index (κ3) is 3.60. The molecular formula is C13H13ClN2O2. The van der Waals surface area contributed by atoms with E-state index in [-0.39, 0.29) is 5.91 Å². The van der Waals surface area contributed by atoms with E-state index in [9.17, 15) is 4.79 Å². The summed E-state index contributed by atoms with van der Waals surface area (Å²) in [6.07, 6.45) is 0.327. The first-order valence-corrected chi connectivity index (χ1v) is 5.94. The second-order valence-corrected chi connectivity index (χ2v) is 4.45. The van der Waals surface area contributed by atoms with Gasteiger partial charge in [0.1, 0.15) is 11.5 Å². The van der Waals surface area contributed by atoms with Crippen molar-refractivity contribution in [3.05, 3.63) is 52.4 Å². The highest BCUT2D eigenvalue weighted by atomic mass is 35.5. The molecule has 4 nitrogen and oxygen atoms in total. The van der Waals surface area contributed by atoms with Gasteiger partial charge in [0.25, 0.3) is 0 Å². The lowest BCUT2D eigenvalue weighted by Crippen LogP contribution is -2.24. The second-order valence-electron chi connectivity index (χ2n) is 4.01. The monoisotopic (exact) mass is 264 g/mol. The lowest BCUT2D eigenvalue weighted by Gasteiger charge is -2.03. The van der Waals surface area contributed by atoms with Gasteiger partial charge in [-0.3, -0.25) is 4.79 Å². The number of benzene rings is 1. The number of nitrogens with zero attached hydrogens (tertiary/aromatic N) is 1. The quantitative estimate of drug-likeness (QED) is 0.923. The summed E-state index contributed by atoms with van der Waals surface area (Å²) in [5.74, 6) is 0.676. The van der Waals surface area contributed by atoms with Gasteiger partial charge in [0.15, 0.2) is 0 Å². The molecule has 94 valence electrons. The van der Waals surface area contributed by atoms with E-state index in [1.54, 1.807) is 18.2 Å². The third-order valence-electron chi connectivity index (χ3n) is 2.42. The van der Waals surface area contributed by atoms with Gasteiger partial charge >= 0.3 is 0 Å². The lowest BCUT2D eigenvalue weighted by atomic mass is 10.1. The molecule has 2 rings (SSSR count). The zero-order valence-electron chi connectivity index (χ0n) is 9.94. The van der Waals surface area contributed by atoms with E-state index in [0.29, 0.717) is 18.0 Å². The Morgan fingerprint density at radius 1 is 1.39 bits per heavy atom. The maximum atomic E-state index is 11.7. The summed E-state index contributed by atoms with van der Waals surface area (Å²) in [4.78, 5) is 11.7. The highest BCUT2D eigenvalue weighted by Crippen LogP contribution is 2.10. The third-order valence-corrected chi connectivity index (χ3v) is 2.67. The van der Waals surface area contributed by atoms with Crippen LogP contribution in [0.2, 0.25) is 5.02 Å². The minimum absolute atomic E-state index is 0.0574. The number of aryl methyl sites for hydroxylation is 1. The van der Waals surface area contributed by atoms with Gasteiger partial charge < -0.3 is 9.84 Å². The molecule has 0 aliphatic carbocycles. The van der Waals surface area contributed by atoms with Crippen LogP contribution in [-0.2, 0) is 17.8 Å². The largest absolute Gasteiger partial charge is 0.361 e. The summed E-state index contributed by atoms with van der Waals surface area (Å²) in [6, 6.07) is 9.00. The molecule has 0 aliphatic rings. The standard InChI is InChI=1S/C13H13ClN2O2/c1-9-6-12(16-18-9)8-15-13(17)7-10-2-4-11(14)5-3-10/h2-6H,7-8H2,1H3,(H,15,17). The number of aromatic nitrogens is 1. The van der Waals surface area contributed by atoms with Crippen molar-refractivity contribution in [1.29, 1.82) is 0 Å². The van der Waals surface area contributed by atoms with Crippen LogP contribution in [0.15, 0.2) is 34.9 Å². The molecule has 0 radical (unpaired) electrons. The van der Waals surface area contributed by atoms with Gasteiger partial charge in [-0.25, -0.2) is 0 Å². The van der Waals surface area contributed by atoms with Crippen LogP contribution >= 0.6 is 11.6 Å². The Kier molecular flexibility index (Phi) is 3.99. The molecule has 1 amide bonds. The molecule has 1 heterocycles. The first-order valence-electron chi connectivity index (χ1n) is 5.57. The Bertz CT molecular complexity index is 534. The van der Waals surface area contributed by atoms with E-state index >= 15 is 0 Å². The zero-order chi connectivity index (χ0) is 13.0. The summed E-state index contributed by atoms with van der Waals surface area (Å²) in [7, 11) is 0. The lowest BCUT2D eigenvalue weighted by molar-refractivity contribution is -0.120. The zero-order valence-corrected chi connectivity index (χ0v) is 10.7. The van der Waals surface area contributed by atoms with Crippen molar-refractivity contribution in [3.63, 3.8) is 0 Å². The molecule has 0 spiro atoms. The summed E-state index contributed by atoms with van der Waals surface area (Å²) < 4.78 is 4.91. The predicted molar refractivity (Wildman–Crippen MR) is 68.2 cm³/mol. The molecule has 2 aromatic rings. The van der Waals surface area contributed by atoms with E-state index in [2.05, 4.69) is 10.5 Å². The molecule has 18 heavy (non-hydrogen) atoms. The summed E-state index contributed by atoms with van der Waals surface area (Å²) >= 11 is 5.77. The predicted octanol–water partition coefficient (Wildman–Crippen LogP) is 2.50. The Labute approximate surface area is 110 Å². The number of hydrogen-bond acceptors (Lipinski definition) is 3. The minimum Gasteiger partial charge on any atom is -0.361 e. The molecule has 1 aromatic carbocycles. The maximum absolute atomic E-state index is 11.7. The molecule has 0 fully saturated rings. The molecule has 0 unspecified atom stereocenters. The normalized spacial score (nSPS) is 10.3. The number of carbonyl (C=O) groups is 1. The highest BCUT2D eigenvalue weighted by molar-refractivity contribution is 6.30. The molecule has 0 saturated heterocycles. The van der Waals surface area contributed by atoms with Crippen molar-refractivity contribution >= 4 is 17.5 Å². The van der Waals surface area contributed by atoms with Crippen molar-refractivity contribution in [3.8, 4) is 0 Å². The van der Waals surface area contributed by atoms with Crippen molar-refractivity contribution in [2.45, 2.75) is 19.9 Å². The summed E-state index contributed by atoms with van der Waals surface area (Å²) in [5.41, 5.74) is 1.64. The number of rotatable bonds is 4. The van der Waals surface area contributed by atoms with E-state index in [1.807, 2.05) is 19.1 Å². The molecule has 1 aromatic heterocycles. The average molecular weight is 265 g/mol. The van der Waals surface area contributed by atoms with Gasteiger partial charge in [-0.1, -0.05) is 28.9 Å². The molecule has 0 bridgehead atoms. The summed E-state index contributed by atoms with van der Waals surface area (Å²) in [5, 5.41) is 7.24. The first kappa shape index (κ1) is 12.6. The fourth-order valence-electron chi connectivity index (χ4n) is 1.54. The Hall–Kier alpha value is -1.81. The van der Waals surface area contributed by atoms with Gasteiger partial charge in [0.2, 0.25) is 5.91 Å². The maximum Gasteiger partial charge on any atom is 0.224 e. The van der Waals surface area contributed by atoms with Crippen molar-refractivity contribution in [2.24, 2.45) is 0 Å². The van der Waals surface area contributed by atoms with E-state index < -0.39 is 0 Å². The molecule has 0 atom stereocenters. The van der Waals surface area contributed by atoms with E-state index in [0.717, 1.165) is 17.0 Å². The van der Waals surface area contributed by atoms with Gasteiger partial charge in [0, 0.05) is 11.1 Å². The van der Waals surface area contributed by atoms with Crippen LogP contribution in [0.3, 0.4) is 0 Å². The van der Waals surface area contributed by atoms with Crippen LogP contribution in [0.5, 0.6) is 0 Å². The Balaban J connectivity index is 1.83. The fourth-order valence-corrected chi connectivity index (χ4v) is 1.67. The highest BCUT2D eigenvalue weighted by Gasteiger charge is 2.05. The van der Waals surface area contributed by atoms with Crippen LogP contribution in [0, 0.1) is 6.92 Å².